The molecule has 1 aliphatic rings. The van der Waals surface area contributed by atoms with Crippen LogP contribution in [0, 0.1) is 12.8 Å². The van der Waals surface area contributed by atoms with Gasteiger partial charge in [0.2, 0.25) is 0 Å². The summed E-state index contributed by atoms with van der Waals surface area (Å²) in [6.45, 7) is 8.11. The Labute approximate surface area is 114 Å². The maximum Gasteiger partial charge on any atom is 0.0590 e. The second-order valence-corrected chi connectivity index (χ2v) is 6.86. The van der Waals surface area contributed by atoms with Crippen molar-refractivity contribution >= 4 is 11.3 Å². The fourth-order valence-electron chi connectivity index (χ4n) is 2.85. The van der Waals surface area contributed by atoms with E-state index >= 15 is 0 Å². The number of hydrogen-bond donors (Lipinski definition) is 2. The Morgan fingerprint density at radius 1 is 1.44 bits per heavy atom. The van der Waals surface area contributed by atoms with Crippen LogP contribution in [0.1, 0.15) is 36.1 Å². The van der Waals surface area contributed by atoms with Crippen molar-refractivity contribution in [1.29, 1.82) is 0 Å². The second-order valence-electron chi connectivity index (χ2n) is 5.54. The van der Waals surface area contributed by atoms with Crippen molar-refractivity contribution in [2.24, 2.45) is 11.7 Å². The van der Waals surface area contributed by atoms with Crippen LogP contribution in [0.5, 0.6) is 0 Å². The first-order valence-electron chi connectivity index (χ1n) is 6.73. The summed E-state index contributed by atoms with van der Waals surface area (Å²) < 4.78 is 0. The third-order valence-corrected chi connectivity index (χ3v) is 4.95. The van der Waals surface area contributed by atoms with E-state index in [1.165, 1.54) is 9.75 Å². The summed E-state index contributed by atoms with van der Waals surface area (Å²) in [6, 6.07) is 4.78. The van der Waals surface area contributed by atoms with Crippen LogP contribution in [-0.2, 0) is 0 Å². The zero-order valence-corrected chi connectivity index (χ0v) is 12.3. The van der Waals surface area contributed by atoms with Crippen molar-refractivity contribution in [2.75, 3.05) is 13.1 Å². The molecule has 3 N–H and O–H groups in total. The molecule has 18 heavy (non-hydrogen) atoms. The van der Waals surface area contributed by atoms with Crippen LogP contribution >= 0.6 is 11.3 Å². The third kappa shape index (κ3) is 2.94. The molecule has 4 heteroatoms. The molecule has 1 aromatic heterocycles. The summed E-state index contributed by atoms with van der Waals surface area (Å²) in [6.07, 6.45) is 0.861. The summed E-state index contributed by atoms with van der Waals surface area (Å²) in [4.78, 5) is 5.13. The first-order valence-corrected chi connectivity index (χ1v) is 7.54. The Morgan fingerprint density at radius 3 is 2.61 bits per heavy atom. The van der Waals surface area contributed by atoms with E-state index in [9.17, 15) is 5.11 Å². The number of nitrogens with zero attached hydrogens (tertiary/aromatic N) is 1. The van der Waals surface area contributed by atoms with E-state index < -0.39 is 0 Å². The van der Waals surface area contributed by atoms with Crippen LogP contribution in [0.15, 0.2) is 12.1 Å². The van der Waals surface area contributed by atoms with Gasteiger partial charge in [0, 0.05) is 22.3 Å². The first-order chi connectivity index (χ1) is 8.49. The lowest BCUT2D eigenvalue weighted by Gasteiger charge is -2.30. The van der Waals surface area contributed by atoms with Crippen LogP contribution in [-0.4, -0.2) is 35.2 Å². The number of nitrogens with two attached hydrogens (primary N) is 1. The fraction of sp³-hybridized carbons (Fsp3) is 0.714. The largest absolute Gasteiger partial charge is 0.393 e. The van der Waals surface area contributed by atoms with Crippen molar-refractivity contribution < 1.29 is 5.11 Å². The van der Waals surface area contributed by atoms with E-state index in [0.717, 1.165) is 19.5 Å². The van der Waals surface area contributed by atoms with Gasteiger partial charge in [-0.15, -0.1) is 11.3 Å². The predicted octanol–water partition coefficient (Wildman–Crippen LogP) is 2.15. The van der Waals surface area contributed by atoms with E-state index in [0.29, 0.717) is 12.0 Å². The topological polar surface area (TPSA) is 49.5 Å². The van der Waals surface area contributed by atoms with Crippen LogP contribution in [0.3, 0.4) is 0 Å². The lowest BCUT2D eigenvalue weighted by Crippen LogP contribution is -2.38. The van der Waals surface area contributed by atoms with Crippen molar-refractivity contribution in [3.63, 3.8) is 0 Å². The molecule has 0 saturated carbocycles. The zero-order valence-electron chi connectivity index (χ0n) is 11.5. The van der Waals surface area contributed by atoms with Gasteiger partial charge in [-0.05, 0) is 51.8 Å². The number of aliphatic hydroxyl groups is 1. The molecule has 2 rings (SSSR count). The molecule has 102 valence electrons. The van der Waals surface area contributed by atoms with Crippen LogP contribution in [0.2, 0.25) is 0 Å². The molecule has 1 aliphatic heterocycles. The van der Waals surface area contributed by atoms with Gasteiger partial charge in [-0.25, -0.2) is 0 Å². The van der Waals surface area contributed by atoms with E-state index in [4.69, 9.17) is 5.73 Å². The minimum Gasteiger partial charge on any atom is -0.393 e. The smallest absolute Gasteiger partial charge is 0.0590 e. The Hall–Kier alpha value is -0.420. The van der Waals surface area contributed by atoms with Crippen LogP contribution < -0.4 is 5.73 Å². The van der Waals surface area contributed by atoms with Gasteiger partial charge in [-0.1, -0.05) is 0 Å². The molecule has 0 amide bonds. The summed E-state index contributed by atoms with van der Waals surface area (Å²) in [5.41, 5.74) is 6.18. The number of thiophene rings is 1. The quantitative estimate of drug-likeness (QED) is 0.879. The van der Waals surface area contributed by atoms with Crippen molar-refractivity contribution in [2.45, 2.75) is 45.4 Å². The Bertz CT molecular complexity index is 389. The lowest BCUT2D eigenvalue weighted by molar-refractivity contribution is 0.119. The molecule has 1 aromatic rings. The van der Waals surface area contributed by atoms with Crippen molar-refractivity contribution in [3.8, 4) is 0 Å². The summed E-state index contributed by atoms with van der Waals surface area (Å²) >= 11 is 1.84. The van der Waals surface area contributed by atoms with Gasteiger partial charge in [0.25, 0.3) is 0 Å². The molecule has 0 aromatic carbocycles. The van der Waals surface area contributed by atoms with Crippen molar-refractivity contribution in [1.82, 2.24) is 4.90 Å². The van der Waals surface area contributed by atoms with Gasteiger partial charge in [0.15, 0.2) is 0 Å². The Morgan fingerprint density at radius 2 is 2.17 bits per heavy atom. The van der Waals surface area contributed by atoms with Gasteiger partial charge >= 0.3 is 0 Å². The van der Waals surface area contributed by atoms with Crippen molar-refractivity contribution in [3.05, 3.63) is 21.9 Å². The van der Waals surface area contributed by atoms with Gasteiger partial charge in [0.1, 0.15) is 0 Å². The van der Waals surface area contributed by atoms with Crippen LogP contribution in [0.25, 0.3) is 0 Å². The normalized spacial score (nSPS) is 26.2. The third-order valence-electron chi connectivity index (χ3n) is 3.88. The minimum absolute atomic E-state index is 0.121. The predicted molar refractivity (Wildman–Crippen MR) is 76.8 cm³/mol. The first kappa shape index (κ1) is 14.0. The molecule has 0 bridgehead atoms. The zero-order chi connectivity index (χ0) is 13.3. The summed E-state index contributed by atoms with van der Waals surface area (Å²) in [5.74, 6) is 0.396. The average Bonchev–Trinajstić information content (AvgIpc) is 2.88. The van der Waals surface area contributed by atoms with Gasteiger partial charge in [-0.3, -0.25) is 4.90 Å². The highest BCUT2D eigenvalue weighted by molar-refractivity contribution is 7.12. The van der Waals surface area contributed by atoms with E-state index in [2.05, 4.69) is 30.9 Å². The van der Waals surface area contributed by atoms with E-state index in [-0.39, 0.29) is 12.1 Å². The standard InChI is InChI=1S/C14H24N2OS/c1-9-4-5-13(18-9)14(10(2)15)16-7-6-12(8-16)11(3)17/h4-5,10-12,14,17H,6-8,15H2,1-3H3. The number of hydrogen-bond acceptors (Lipinski definition) is 4. The maximum atomic E-state index is 9.71. The second kappa shape index (κ2) is 5.70. The fourth-order valence-corrected chi connectivity index (χ4v) is 3.97. The van der Waals surface area contributed by atoms with Gasteiger partial charge in [0.05, 0.1) is 12.1 Å². The molecule has 0 radical (unpaired) electrons. The lowest BCUT2D eigenvalue weighted by atomic mass is 10.0. The molecular formula is C14H24N2OS. The summed E-state index contributed by atoms with van der Waals surface area (Å²) in [5, 5.41) is 9.71. The monoisotopic (exact) mass is 268 g/mol. The molecular weight excluding hydrogens is 244 g/mol. The Balaban J connectivity index is 2.12. The highest BCUT2D eigenvalue weighted by Crippen LogP contribution is 2.34. The van der Waals surface area contributed by atoms with Gasteiger partial charge in [-0.2, -0.15) is 0 Å². The molecule has 0 aliphatic carbocycles. The van der Waals surface area contributed by atoms with E-state index in [1.54, 1.807) is 0 Å². The molecule has 4 atom stereocenters. The molecule has 4 unspecified atom stereocenters. The van der Waals surface area contributed by atoms with Gasteiger partial charge < -0.3 is 10.8 Å². The molecule has 1 saturated heterocycles. The Kier molecular flexibility index (Phi) is 4.43. The number of aliphatic hydroxyl groups excluding tert-OH is 1. The SMILES string of the molecule is Cc1ccc(C(C(C)N)N2CCC(C(C)O)C2)s1. The molecule has 0 spiro atoms. The number of aryl methyl sites for hydroxylation is 1. The number of rotatable bonds is 4. The highest BCUT2D eigenvalue weighted by atomic mass is 32.1. The highest BCUT2D eigenvalue weighted by Gasteiger charge is 2.33. The minimum atomic E-state index is -0.214. The van der Waals surface area contributed by atoms with E-state index in [1.807, 2.05) is 18.3 Å². The maximum absolute atomic E-state index is 9.71. The van der Waals surface area contributed by atoms with Crippen LogP contribution in [0.4, 0.5) is 0 Å². The molecule has 1 fully saturated rings. The average molecular weight is 268 g/mol. The molecule has 2 heterocycles. The number of likely N-dealkylation sites (tertiary alicyclic amines) is 1. The summed E-state index contributed by atoms with van der Waals surface area (Å²) in [7, 11) is 0. The molecule has 3 nitrogen and oxygen atoms in total.